The van der Waals surface area contributed by atoms with E-state index in [1.807, 2.05) is 42.5 Å². The van der Waals surface area contributed by atoms with Crippen molar-refractivity contribution in [2.45, 2.75) is 12.5 Å². The van der Waals surface area contributed by atoms with Crippen molar-refractivity contribution in [3.8, 4) is 5.75 Å². The van der Waals surface area contributed by atoms with E-state index < -0.39 is 0 Å². The van der Waals surface area contributed by atoms with Crippen LogP contribution in [0.4, 0.5) is 0 Å². The van der Waals surface area contributed by atoms with Crippen LogP contribution in [0, 0.1) is 0 Å². The molecule has 0 spiro atoms. The van der Waals surface area contributed by atoms with Crippen LogP contribution in [0.2, 0.25) is 0 Å². The van der Waals surface area contributed by atoms with Crippen molar-refractivity contribution in [3.63, 3.8) is 0 Å². The third-order valence-electron chi connectivity index (χ3n) is 3.11. The number of primary amides is 1. The molecule has 1 amide bonds. The maximum Gasteiger partial charge on any atom is 0.234 e. The molecule has 0 saturated carbocycles. The van der Waals surface area contributed by atoms with Gasteiger partial charge in [-0.2, -0.15) is 0 Å². The van der Waals surface area contributed by atoms with Gasteiger partial charge in [-0.15, -0.1) is 0 Å². The number of nitrogens with one attached hydrogen (secondary N) is 1. The SMILES string of the molecule is CNC(CCOc1cccc2ccccc12)C(N)=O. The van der Waals surface area contributed by atoms with Crippen LogP contribution in [-0.2, 0) is 4.79 Å². The highest BCUT2D eigenvalue weighted by atomic mass is 16.5. The molecule has 0 aliphatic carbocycles. The lowest BCUT2D eigenvalue weighted by Gasteiger charge is -2.13. The molecule has 0 aliphatic heterocycles. The molecule has 2 aromatic carbocycles. The Morgan fingerprint density at radius 2 is 2.00 bits per heavy atom. The van der Waals surface area contributed by atoms with Crippen molar-refractivity contribution >= 4 is 16.7 Å². The first-order chi connectivity index (χ1) is 9.22. The zero-order chi connectivity index (χ0) is 13.7. The van der Waals surface area contributed by atoms with E-state index in [1.165, 1.54) is 0 Å². The molecule has 0 aliphatic rings. The molecule has 100 valence electrons. The van der Waals surface area contributed by atoms with E-state index in [2.05, 4.69) is 5.32 Å². The first-order valence-corrected chi connectivity index (χ1v) is 6.29. The Kier molecular flexibility index (Phi) is 4.36. The number of ether oxygens (including phenoxy) is 1. The van der Waals surface area contributed by atoms with Gasteiger partial charge in [-0.1, -0.05) is 36.4 Å². The highest BCUT2D eigenvalue weighted by Gasteiger charge is 2.12. The fraction of sp³-hybridized carbons (Fsp3) is 0.267. The fourth-order valence-electron chi connectivity index (χ4n) is 2.04. The molecule has 1 atom stereocenters. The van der Waals surface area contributed by atoms with E-state index in [1.54, 1.807) is 7.05 Å². The summed E-state index contributed by atoms with van der Waals surface area (Å²) in [6, 6.07) is 13.6. The normalized spacial score (nSPS) is 12.3. The second kappa shape index (κ2) is 6.20. The lowest BCUT2D eigenvalue weighted by molar-refractivity contribution is -0.120. The van der Waals surface area contributed by atoms with Gasteiger partial charge in [-0.3, -0.25) is 4.79 Å². The monoisotopic (exact) mass is 258 g/mol. The summed E-state index contributed by atoms with van der Waals surface area (Å²) in [6.07, 6.45) is 0.551. The minimum atomic E-state index is -0.357. The van der Waals surface area contributed by atoms with Gasteiger partial charge in [0.1, 0.15) is 5.75 Å². The summed E-state index contributed by atoms with van der Waals surface area (Å²) < 4.78 is 5.75. The van der Waals surface area contributed by atoms with Crippen molar-refractivity contribution in [1.29, 1.82) is 0 Å². The standard InChI is InChI=1S/C15H18N2O2/c1-17-13(15(16)18)9-10-19-14-8-4-6-11-5-2-3-7-12(11)14/h2-8,13,17H,9-10H2,1H3,(H2,16,18). The van der Waals surface area contributed by atoms with Gasteiger partial charge in [0.15, 0.2) is 0 Å². The van der Waals surface area contributed by atoms with Gasteiger partial charge in [0.2, 0.25) is 5.91 Å². The topological polar surface area (TPSA) is 64.3 Å². The molecule has 3 N–H and O–H groups in total. The van der Waals surface area contributed by atoms with Crippen molar-refractivity contribution in [2.24, 2.45) is 5.73 Å². The van der Waals surface area contributed by atoms with Crippen molar-refractivity contribution in [3.05, 3.63) is 42.5 Å². The summed E-state index contributed by atoms with van der Waals surface area (Å²) in [5.41, 5.74) is 5.26. The third-order valence-corrected chi connectivity index (χ3v) is 3.11. The summed E-state index contributed by atoms with van der Waals surface area (Å²) in [7, 11) is 1.72. The number of rotatable bonds is 6. The maximum atomic E-state index is 11.1. The average Bonchev–Trinajstić information content (AvgIpc) is 2.43. The zero-order valence-corrected chi connectivity index (χ0v) is 10.9. The minimum Gasteiger partial charge on any atom is -0.493 e. The van der Waals surface area contributed by atoms with E-state index in [0.717, 1.165) is 16.5 Å². The average molecular weight is 258 g/mol. The molecule has 1 unspecified atom stereocenters. The van der Waals surface area contributed by atoms with Gasteiger partial charge in [0.05, 0.1) is 12.6 Å². The lowest BCUT2D eigenvalue weighted by atomic mass is 10.1. The van der Waals surface area contributed by atoms with E-state index >= 15 is 0 Å². The van der Waals surface area contributed by atoms with Gasteiger partial charge >= 0.3 is 0 Å². The minimum absolute atomic E-state index is 0.352. The quantitative estimate of drug-likeness (QED) is 0.828. The van der Waals surface area contributed by atoms with Crippen molar-refractivity contribution < 1.29 is 9.53 Å². The van der Waals surface area contributed by atoms with E-state index in [4.69, 9.17) is 10.5 Å². The zero-order valence-electron chi connectivity index (χ0n) is 10.9. The number of amides is 1. The van der Waals surface area contributed by atoms with Crippen LogP contribution < -0.4 is 15.8 Å². The van der Waals surface area contributed by atoms with Crippen LogP contribution in [0.3, 0.4) is 0 Å². The Labute approximate surface area is 112 Å². The molecule has 2 rings (SSSR count). The van der Waals surface area contributed by atoms with Gasteiger partial charge in [-0.05, 0) is 18.5 Å². The second-order valence-corrected chi connectivity index (χ2v) is 4.36. The molecule has 0 radical (unpaired) electrons. The van der Waals surface area contributed by atoms with Gasteiger partial charge < -0.3 is 15.8 Å². The summed E-state index contributed by atoms with van der Waals surface area (Å²) in [5.74, 6) is 0.474. The molecular formula is C15H18N2O2. The number of nitrogens with two attached hydrogens (primary N) is 1. The van der Waals surface area contributed by atoms with Crippen LogP contribution in [0.5, 0.6) is 5.75 Å². The Morgan fingerprint density at radius 1 is 1.26 bits per heavy atom. The van der Waals surface area contributed by atoms with Crippen molar-refractivity contribution in [2.75, 3.05) is 13.7 Å². The lowest BCUT2D eigenvalue weighted by Crippen LogP contribution is -2.40. The van der Waals surface area contributed by atoms with E-state index in [9.17, 15) is 4.79 Å². The summed E-state index contributed by atoms with van der Waals surface area (Å²) in [5, 5.41) is 5.08. The number of hydrogen-bond acceptors (Lipinski definition) is 3. The van der Waals surface area contributed by atoms with Crippen LogP contribution in [0.15, 0.2) is 42.5 Å². The largest absolute Gasteiger partial charge is 0.493 e. The second-order valence-electron chi connectivity index (χ2n) is 4.36. The first-order valence-electron chi connectivity index (χ1n) is 6.29. The molecule has 0 heterocycles. The number of fused-ring (bicyclic) bond motifs is 1. The van der Waals surface area contributed by atoms with Gasteiger partial charge in [0, 0.05) is 11.8 Å². The molecule has 2 aromatic rings. The molecular weight excluding hydrogens is 240 g/mol. The van der Waals surface area contributed by atoms with Crippen LogP contribution >= 0.6 is 0 Å². The Bertz CT molecular complexity index is 564. The summed E-state index contributed by atoms with van der Waals surface area (Å²) >= 11 is 0. The van der Waals surface area contributed by atoms with Crippen LogP contribution in [-0.4, -0.2) is 25.6 Å². The maximum absolute atomic E-state index is 11.1. The summed E-state index contributed by atoms with van der Waals surface area (Å²) in [4.78, 5) is 11.1. The number of likely N-dealkylation sites (N-methyl/N-ethyl adjacent to an activating group) is 1. The van der Waals surface area contributed by atoms with Crippen LogP contribution in [0.25, 0.3) is 10.8 Å². The number of benzene rings is 2. The molecule has 0 bridgehead atoms. The van der Waals surface area contributed by atoms with Gasteiger partial charge in [-0.25, -0.2) is 0 Å². The van der Waals surface area contributed by atoms with Crippen LogP contribution in [0.1, 0.15) is 6.42 Å². The number of hydrogen-bond donors (Lipinski definition) is 2. The predicted molar refractivity (Wildman–Crippen MR) is 76.1 cm³/mol. The molecule has 19 heavy (non-hydrogen) atoms. The van der Waals surface area contributed by atoms with Crippen molar-refractivity contribution in [1.82, 2.24) is 5.32 Å². The van der Waals surface area contributed by atoms with Gasteiger partial charge in [0.25, 0.3) is 0 Å². The van der Waals surface area contributed by atoms with E-state index in [-0.39, 0.29) is 11.9 Å². The first kappa shape index (κ1) is 13.4. The highest BCUT2D eigenvalue weighted by molar-refractivity contribution is 5.88. The summed E-state index contributed by atoms with van der Waals surface area (Å²) in [6.45, 7) is 0.447. The molecule has 0 saturated heterocycles. The fourth-order valence-corrected chi connectivity index (χ4v) is 2.04. The van der Waals surface area contributed by atoms with E-state index in [0.29, 0.717) is 13.0 Å². The molecule has 0 fully saturated rings. The highest BCUT2D eigenvalue weighted by Crippen LogP contribution is 2.25. The number of carbonyl (C=O) groups is 1. The molecule has 4 nitrogen and oxygen atoms in total. The number of carbonyl (C=O) groups excluding carboxylic acids is 1. The molecule has 4 heteroatoms. The predicted octanol–water partition coefficient (Wildman–Crippen LogP) is 1.68. The Morgan fingerprint density at radius 3 is 2.74 bits per heavy atom. The Hall–Kier alpha value is -2.07. The third kappa shape index (κ3) is 3.23. The smallest absolute Gasteiger partial charge is 0.234 e. The Balaban J connectivity index is 2.04. The molecule has 0 aromatic heterocycles.